The Kier molecular flexibility index (Phi) is 3.30. The number of aromatic nitrogens is 3. The zero-order valence-corrected chi connectivity index (χ0v) is 12.2. The van der Waals surface area contributed by atoms with Gasteiger partial charge >= 0.3 is 0 Å². The Balaban J connectivity index is 2.24. The first-order valence-corrected chi connectivity index (χ1v) is 7.20. The SMILES string of the molecule is CCC[C@@H](C)Nc1c2ccccc2nc2n[nH]c(C)c12. The molecule has 104 valence electrons. The highest BCUT2D eigenvalue weighted by atomic mass is 15.2. The fraction of sp³-hybridized carbons (Fsp3) is 0.375. The number of pyridine rings is 1. The van der Waals surface area contributed by atoms with Gasteiger partial charge in [0.1, 0.15) is 0 Å². The third kappa shape index (κ3) is 2.11. The molecule has 0 bridgehead atoms. The number of para-hydroxylation sites is 1. The van der Waals surface area contributed by atoms with Gasteiger partial charge in [-0.3, -0.25) is 5.10 Å². The van der Waals surface area contributed by atoms with Crippen LogP contribution in [0.1, 0.15) is 32.4 Å². The van der Waals surface area contributed by atoms with E-state index in [2.05, 4.69) is 46.5 Å². The summed E-state index contributed by atoms with van der Waals surface area (Å²) in [5, 5.41) is 13.3. The van der Waals surface area contributed by atoms with Gasteiger partial charge in [0.25, 0.3) is 0 Å². The predicted molar refractivity (Wildman–Crippen MR) is 84.1 cm³/mol. The van der Waals surface area contributed by atoms with Gasteiger partial charge in [0, 0.05) is 17.1 Å². The maximum absolute atomic E-state index is 4.63. The molecule has 3 aromatic rings. The number of hydrogen-bond donors (Lipinski definition) is 2. The van der Waals surface area contributed by atoms with E-state index in [-0.39, 0.29) is 0 Å². The number of benzene rings is 1. The van der Waals surface area contributed by atoms with Crippen molar-refractivity contribution in [3.05, 3.63) is 30.0 Å². The molecule has 0 aliphatic carbocycles. The van der Waals surface area contributed by atoms with E-state index < -0.39 is 0 Å². The second kappa shape index (κ2) is 5.12. The van der Waals surface area contributed by atoms with Crippen molar-refractivity contribution < 1.29 is 0 Å². The van der Waals surface area contributed by atoms with Gasteiger partial charge in [0.15, 0.2) is 5.65 Å². The molecule has 0 saturated heterocycles. The van der Waals surface area contributed by atoms with Gasteiger partial charge in [-0.25, -0.2) is 4.98 Å². The van der Waals surface area contributed by atoms with E-state index in [1.165, 1.54) is 6.42 Å². The van der Waals surface area contributed by atoms with Crippen molar-refractivity contribution in [3.8, 4) is 0 Å². The lowest BCUT2D eigenvalue weighted by Crippen LogP contribution is -2.15. The molecular weight excluding hydrogens is 248 g/mol. The van der Waals surface area contributed by atoms with Crippen molar-refractivity contribution in [1.82, 2.24) is 15.2 Å². The Morgan fingerprint density at radius 3 is 2.90 bits per heavy atom. The number of rotatable bonds is 4. The summed E-state index contributed by atoms with van der Waals surface area (Å²) in [6.45, 7) is 6.48. The molecule has 0 saturated carbocycles. The third-order valence-corrected chi connectivity index (χ3v) is 3.69. The van der Waals surface area contributed by atoms with Crippen molar-refractivity contribution in [2.45, 2.75) is 39.7 Å². The molecule has 2 N–H and O–H groups in total. The van der Waals surface area contributed by atoms with Crippen molar-refractivity contribution >= 4 is 27.6 Å². The highest BCUT2D eigenvalue weighted by molar-refractivity contribution is 6.07. The molecule has 3 rings (SSSR count). The maximum atomic E-state index is 4.63. The van der Waals surface area contributed by atoms with Crippen LogP contribution in [-0.2, 0) is 0 Å². The lowest BCUT2D eigenvalue weighted by Gasteiger charge is -2.17. The Morgan fingerprint density at radius 2 is 2.10 bits per heavy atom. The van der Waals surface area contributed by atoms with E-state index in [0.717, 1.165) is 39.7 Å². The quantitative estimate of drug-likeness (QED) is 0.751. The van der Waals surface area contributed by atoms with Crippen molar-refractivity contribution in [2.24, 2.45) is 0 Å². The number of nitrogens with one attached hydrogen (secondary N) is 2. The highest BCUT2D eigenvalue weighted by Gasteiger charge is 2.14. The minimum atomic E-state index is 0.434. The van der Waals surface area contributed by atoms with Crippen molar-refractivity contribution in [3.63, 3.8) is 0 Å². The second-order valence-electron chi connectivity index (χ2n) is 5.39. The summed E-state index contributed by atoms with van der Waals surface area (Å²) in [4.78, 5) is 4.63. The molecule has 0 radical (unpaired) electrons. The minimum absolute atomic E-state index is 0.434. The van der Waals surface area contributed by atoms with Crippen LogP contribution in [0.4, 0.5) is 5.69 Å². The molecule has 20 heavy (non-hydrogen) atoms. The average molecular weight is 268 g/mol. The zero-order chi connectivity index (χ0) is 14.1. The summed E-state index contributed by atoms with van der Waals surface area (Å²) in [5.74, 6) is 0. The van der Waals surface area contributed by atoms with Crippen LogP contribution in [0.25, 0.3) is 21.9 Å². The Morgan fingerprint density at radius 1 is 1.30 bits per heavy atom. The van der Waals surface area contributed by atoms with Crippen LogP contribution in [0.5, 0.6) is 0 Å². The molecule has 1 atom stereocenters. The van der Waals surface area contributed by atoms with Gasteiger partial charge in [-0.05, 0) is 26.3 Å². The minimum Gasteiger partial charge on any atom is -0.381 e. The maximum Gasteiger partial charge on any atom is 0.183 e. The van der Waals surface area contributed by atoms with Crippen LogP contribution in [0.2, 0.25) is 0 Å². The number of fused-ring (bicyclic) bond motifs is 2. The van der Waals surface area contributed by atoms with Crippen molar-refractivity contribution in [1.29, 1.82) is 0 Å². The van der Waals surface area contributed by atoms with Gasteiger partial charge in [-0.15, -0.1) is 0 Å². The van der Waals surface area contributed by atoms with E-state index in [1.54, 1.807) is 0 Å². The smallest absolute Gasteiger partial charge is 0.183 e. The van der Waals surface area contributed by atoms with Crippen molar-refractivity contribution in [2.75, 3.05) is 5.32 Å². The van der Waals surface area contributed by atoms with E-state index >= 15 is 0 Å². The molecule has 0 spiro atoms. The first-order valence-electron chi connectivity index (χ1n) is 7.20. The average Bonchev–Trinajstić information content (AvgIpc) is 2.80. The molecule has 0 amide bonds. The van der Waals surface area contributed by atoms with E-state index in [9.17, 15) is 0 Å². The summed E-state index contributed by atoms with van der Waals surface area (Å²) in [5.41, 5.74) is 3.98. The summed E-state index contributed by atoms with van der Waals surface area (Å²) in [6.07, 6.45) is 2.32. The van der Waals surface area contributed by atoms with Crippen LogP contribution in [0, 0.1) is 6.92 Å². The Bertz CT molecular complexity index is 745. The van der Waals surface area contributed by atoms with Crippen LogP contribution in [0.3, 0.4) is 0 Å². The largest absolute Gasteiger partial charge is 0.381 e. The molecule has 4 heteroatoms. The molecule has 0 unspecified atom stereocenters. The van der Waals surface area contributed by atoms with E-state index in [0.29, 0.717) is 6.04 Å². The standard InChI is InChI=1S/C16H20N4/c1-4-7-10(2)17-15-12-8-5-6-9-13(12)18-16-14(15)11(3)19-20-16/h5-6,8-10H,4,7H2,1-3H3,(H2,17,18,19,20)/t10-/m1/s1. The molecular formula is C16H20N4. The van der Waals surface area contributed by atoms with Crippen LogP contribution in [-0.4, -0.2) is 21.2 Å². The molecule has 0 aliphatic rings. The fourth-order valence-electron chi connectivity index (χ4n) is 2.73. The number of aromatic amines is 1. The van der Waals surface area contributed by atoms with E-state index in [1.807, 2.05) is 19.1 Å². The molecule has 1 aromatic carbocycles. The second-order valence-corrected chi connectivity index (χ2v) is 5.39. The Labute approximate surface area is 118 Å². The normalized spacial score (nSPS) is 12.9. The first kappa shape index (κ1) is 12.9. The Hall–Kier alpha value is -2.10. The first-order chi connectivity index (χ1) is 9.70. The van der Waals surface area contributed by atoms with Crippen LogP contribution < -0.4 is 5.32 Å². The monoisotopic (exact) mass is 268 g/mol. The summed E-state index contributed by atoms with van der Waals surface area (Å²) >= 11 is 0. The van der Waals surface area contributed by atoms with Gasteiger partial charge in [-0.1, -0.05) is 31.5 Å². The molecule has 0 aliphatic heterocycles. The number of hydrogen-bond acceptors (Lipinski definition) is 3. The van der Waals surface area contributed by atoms with Gasteiger partial charge in [-0.2, -0.15) is 5.10 Å². The lowest BCUT2D eigenvalue weighted by molar-refractivity contribution is 0.692. The third-order valence-electron chi connectivity index (χ3n) is 3.69. The topological polar surface area (TPSA) is 53.6 Å². The van der Waals surface area contributed by atoms with Gasteiger partial charge in [0.2, 0.25) is 0 Å². The summed E-state index contributed by atoms with van der Waals surface area (Å²) in [6, 6.07) is 8.66. The molecule has 2 aromatic heterocycles. The summed E-state index contributed by atoms with van der Waals surface area (Å²) < 4.78 is 0. The zero-order valence-electron chi connectivity index (χ0n) is 12.2. The highest BCUT2D eigenvalue weighted by Crippen LogP contribution is 2.32. The summed E-state index contributed by atoms with van der Waals surface area (Å²) in [7, 11) is 0. The van der Waals surface area contributed by atoms with Gasteiger partial charge < -0.3 is 5.32 Å². The van der Waals surface area contributed by atoms with Crippen LogP contribution >= 0.6 is 0 Å². The number of H-pyrrole nitrogens is 1. The molecule has 2 heterocycles. The van der Waals surface area contributed by atoms with E-state index in [4.69, 9.17) is 0 Å². The number of anilines is 1. The predicted octanol–water partition coefficient (Wildman–Crippen LogP) is 4.02. The molecule has 4 nitrogen and oxygen atoms in total. The fourth-order valence-corrected chi connectivity index (χ4v) is 2.73. The number of aryl methyl sites for hydroxylation is 1. The lowest BCUT2D eigenvalue weighted by atomic mass is 10.1. The van der Waals surface area contributed by atoms with Crippen LogP contribution in [0.15, 0.2) is 24.3 Å². The van der Waals surface area contributed by atoms with Gasteiger partial charge in [0.05, 0.1) is 16.6 Å². The molecule has 0 fully saturated rings. The number of nitrogens with zero attached hydrogens (tertiary/aromatic N) is 2.